The molecule has 0 aromatic heterocycles. The monoisotopic (exact) mass is 276 g/mol. The zero-order valence-electron chi connectivity index (χ0n) is 11.3. The molecule has 4 atom stereocenters. The van der Waals surface area contributed by atoms with Gasteiger partial charge in [-0.1, -0.05) is 6.92 Å². The van der Waals surface area contributed by atoms with E-state index in [2.05, 4.69) is 10.6 Å². The Morgan fingerprint density at radius 3 is 2.83 bits per heavy atom. The first-order chi connectivity index (χ1) is 8.63. The fraction of sp³-hybridized carbons (Fsp3) is 0.917. The molecule has 1 heterocycles. The number of nitrogens with one attached hydrogen (secondary N) is 2. The van der Waals surface area contributed by atoms with Gasteiger partial charge in [0, 0.05) is 17.3 Å². The van der Waals surface area contributed by atoms with Crippen molar-refractivity contribution in [1.29, 1.82) is 0 Å². The van der Waals surface area contributed by atoms with Crippen LogP contribution in [0.25, 0.3) is 0 Å². The molecule has 106 valence electrons. The molecule has 1 saturated heterocycles. The van der Waals surface area contributed by atoms with Gasteiger partial charge in [-0.05, 0) is 19.7 Å². The van der Waals surface area contributed by atoms with Crippen LogP contribution in [-0.4, -0.2) is 61.0 Å². The maximum atomic E-state index is 12.2. The summed E-state index contributed by atoms with van der Waals surface area (Å²) in [5.74, 6) is -0.118. The van der Waals surface area contributed by atoms with E-state index >= 15 is 0 Å². The minimum Gasteiger partial charge on any atom is -0.395 e. The third-order valence-electron chi connectivity index (χ3n) is 3.29. The van der Waals surface area contributed by atoms with Crippen LogP contribution in [0.15, 0.2) is 0 Å². The fourth-order valence-electron chi connectivity index (χ4n) is 2.14. The number of ether oxygens (including phenoxy) is 1. The van der Waals surface area contributed by atoms with Crippen molar-refractivity contribution >= 4 is 17.7 Å². The minimum atomic E-state index is -0.131. The smallest absolute Gasteiger partial charge is 0.227 e. The second kappa shape index (κ2) is 7.99. The number of aliphatic hydroxyl groups excluding tert-OH is 1. The van der Waals surface area contributed by atoms with Gasteiger partial charge in [0.2, 0.25) is 5.91 Å². The molecule has 0 aliphatic carbocycles. The Bertz CT molecular complexity index is 262. The number of hydrogen-bond donors (Lipinski definition) is 3. The highest BCUT2D eigenvalue weighted by Gasteiger charge is 2.34. The van der Waals surface area contributed by atoms with E-state index < -0.39 is 0 Å². The Balaban J connectivity index is 2.48. The molecule has 1 rings (SSSR count). The Labute approximate surface area is 113 Å². The van der Waals surface area contributed by atoms with Crippen LogP contribution < -0.4 is 10.6 Å². The van der Waals surface area contributed by atoms with Gasteiger partial charge in [-0.3, -0.25) is 4.79 Å². The Morgan fingerprint density at radius 2 is 2.28 bits per heavy atom. The summed E-state index contributed by atoms with van der Waals surface area (Å²) in [6.07, 6.45) is 1.93. The molecule has 0 radical (unpaired) electrons. The van der Waals surface area contributed by atoms with E-state index in [9.17, 15) is 9.90 Å². The van der Waals surface area contributed by atoms with Crippen molar-refractivity contribution in [2.75, 3.05) is 32.6 Å². The van der Waals surface area contributed by atoms with Crippen molar-refractivity contribution in [2.45, 2.75) is 31.2 Å². The number of thioether (sulfide) groups is 1. The molecule has 0 bridgehead atoms. The molecular weight excluding hydrogens is 252 g/mol. The summed E-state index contributed by atoms with van der Waals surface area (Å²) in [5, 5.41) is 15.5. The molecule has 1 amide bonds. The average Bonchev–Trinajstić information content (AvgIpc) is 2.79. The second-order valence-corrected chi connectivity index (χ2v) is 5.64. The molecular formula is C12H24N2O3S. The van der Waals surface area contributed by atoms with Crippen molar-refractivity contribution in [3.05, 3.63) is 0 Å². The predicted octanol–water partition coefficient (Wildman–Crippen LogP) is -0.160. The third kappa shape index (κ3) is 4.12. The third-order valence-corrected chi connectivity index (χ3v) is 4.46. The van der Waals surface area contributed by atoms with Gasteiger partial charge < -0.3 is 20.5 Å². The van der Waals surface area contributed by atoms with Crippen molar-refractivity contribution < 1.29 is 14.6 Å². The lowest BCUT2D eigenvalue weighted by Gasteiger charge is -2.24. The summed E-state index contributed by atoms with van der Waals surface area (Å²) in [4.78, 5) is 12.2. The van der Waals surface area contributed by atoms with Crippen LogP contribution in [-0.2, 0) is 9.53 Å². The lowest BCUT2D eigenvalue weighted by molar-refractivity contribution is -0.126. The van der Waals surface area contributed by atoms with E-state index in [0.29, 0.717) is 13.2 Å². The molecule has 0 aromatic rings. The largest absolute Gasteiger partial charge is 0.395 e. The van der Waals surface area contributed by atoms with Crippen LogP contribution in [0.2, 0.25) is 0 Å². The topological polar surface area (TPSA) is 70.6 Å². The summed E-state index contributed by atoms with van der Waals surface area (Å²) in [6.45, 7) is 5.90. The molecule has 0 spiro atoms. The molecule has 6 heteroatoms. The van der Waals surface area contributed by atoms with Crippen LogP contribution in [0.4, 0.5) is 0 Å². The number of aliphatic hydroxyl groups is 1. The first kappa shape index (κ1) is 15.8. The van der Waals surface area contributed by atoms with Crippen molar-refractivity contribution in [3.8, 4) is 0 Å². The van der Waals surface area contributed by atoms with Gasteiger partial charge in [0.1, 0.15) is 0 Å². The van der Waals surface area contributed by atoms with Crippen molar-refractivity contribution in [3.63, 3.8) is 0 Å². The number of hydrogen-bond acceptors (Lipinski definition) is 5. The van der Waals surface area contributed by atoms with Gasteiger partial charge in [0.15, 0.2) is 0 Å². The molecule has 3 N–H and O–H groups in total. The standard InChI is InChI=1S/C12H24N2O3S/c1-4-13-10-7-17-6-9(10)12(16)14-8(2)11(5-15)18-3/h8-11,13,15H,4-7H2,1-3H3,(H,14,16). The molecule has 1 aliphatic rings. The normalized spacial score (nSPS) is 26.9. The zero-order valence-corrected chi connectivity index (χ0v) is 12.1. The molecule has 1 fully saturated rings. The lowest BCUT2D eigenvalue weighted by atomic mass is 10.0. The highest BCUT2D eigenvalue weighted by atomic mass is 32.2. The van der Waals surface area contributed by atoms with Gasteiger partial charge in [-0.25, -0.2) is 0 Å². The van der Waals surface area contributed by atoms with Gasteiger partial charge in [0.25, 0.3) is 0 Å². The van der Waals surface area contributed by atoms with E-state index in [1.165, 1.54) is 0 Å². The van der Waals surface area contributed by atoms with Crippen molar-refractivity contribution in [1.82, 2.24) is 10.6 Å². The summed E-state index contributed by atoms with van der Waals surface area (Å²) in [5.41, 5.74) is 0. The van der Waals surface area contributed by atoms with Gasteiger partial charge in [-0.15, -0.1) is 0 Å². The van der Waals surface area contributed by atoms with Crippen LogP contribution in [0.5, 0.6) is 0 Å². The van der Waals surface area contributed by atoms with E-state index in [0.717, 1.165) is 6.54 Å². The summed E-state index contributed by atoms with van der Waals surface area (Å²) < 4.78 is 5.36. The molecule has 0 saturated carbocycles. The predicted molar refractivity (Wildman–Crippen MR) is 73.8 cm³/mol. The Hall–Kier alpha value is -0.300. The first-order valence-electron chi connectivity index (χ1n) is 6.39. The van der Waals surface area contributed by atoms with Gasteiger partial charge in [0.05, 0.1) is 25.7 Å². The number of likely N-dealkylation sites (N-methyl/N-ethyl adjacent to an activating group) is 1. The van der Waals surface area contributed by atoms with Crippen LogP contribution in [0, 0.1) is 5.92 Å². The zero-order chi connectivity index (χ0) is 13.5. The number of rotatable bonds is 7. The second-order valence-electron chi connectivity index (χ2n) is 4.56. The summed E-state index contributed by atoms with van der Waals surface area (Å²) >= 11 is 1.56. The number of carbonyl (C=O) groups excluding carboxylic acids is 1. The SMILES string of the molecule is CCNC1COCC1C(=O)NC(C)C(CO)SC. The first-order valence-corrected chi connectivity index (χ1v) is 7.68. The maximum Gasteiger partial charge on any atom is 0.227 e. The van der Waals surface area contributed by atoms with Crippen molar-refractivity contribution in [2.24, 2.45) is 5.92 Å². The molecule has 18 heavy (non-hydrogen) atoms. The molecule has 4 unspecified atom stereocenters. The average molecular weight is 276 g/mol. The molecule has 1 aliphatic heterocycles. The summed E-state index contributed by atoms with van der Waals surface area (Å²) in [6, 6.07) is 0.0597. The highest BCUT2D eigenvalue weighted by molar-refractivity contribution is 7.99. The minimum absolute atomic E-state index is 0.0125. The van der Waals surface area contributed by atoms with Crippen LogP contribution >= 0.6 is 11.8 Å². The highest BCUT2D eigenvalue weighted by Crippen LogP contribution is 2.16. The van der Waals surface area contributed by atoms with E-state index in [1.807, 2.05) is 20.1 Å². The Kier molecular flexibility index (Phi) is 6.99. The van der Waals surface area contributed by atoms with Gasteiger partial charge in [-0.2, -0.15) is 11.8 Å². The maximum absolute atomic E-state index is 12.2. The van der Waals surface area contributed by atoms with E-state index in [-0.39, 0.29) is 35.8 Å². The van der Waals surface area contributed by atoms with Crippen LogP contribution in [0.1, 0.15) is 13.8 Å². The van der Waals surface area contributed by atoms with Gasteiger partial charge >= 0.3 is 0 Å². The fourth-order valence-corrected chi connectivity index (χ4v) is 2.76. The lowest BCUT2D eigenvalue weighted by Crippen LogP contribution is -2.49. The molecule has 0 aromatic carbocycles. The van der Waals surface area contributed by atoms with Crippen LogP contribution in [0.3, 0.4) is 0 Å². The summed E-state index contributed by atoms with van der Waals surface area (Å²) in [7, 11) is 0. The quantitative estimate of drug-likeness (QED) is 0.603. The number of carbonyl (C=O) groups is 1. The van der Waals surface area contributed by atoms with E-state index in [4.69, 9.17) is 4.74 Å². The Morgan fingerprint density at radius 1 is 1.56 bits per heavy atom. The number of amides is 1. The molecule has 5 nitrogen and oxygen atoms in total. The van der Waals surface area contributed by atoms with E-state index in [1.54, 1.807) is 11.8 Å².